The van der Waals surface area contributed by atoms with Crippen LogP contribution < -0.4 is 5.73 Å². The Kier molecular flexibility index (Phi) is 5.47. The number of sulfone groups is 1. The summed E-state index contributed by atoms with van der Waals surface area (Å²) in [5.74, 6) is -0.642. The van der Waals surface area contributed by atoms with E-state index in [0.29, 0.717) is 18.1 Å². The third kappa shape index (κ3) is 4.21. The molecule has 1 saturated heterocycles. The highest BCUT2D eigenvalue weighted by Crippen LogP contribution is 2.20. The fourth-order valence-corrected chi connectivity index (χ4v) is 4.00. The van der Waals surface area contributed by atoms with Crippen molar-refractivity contribution in [3.05, 3.63) is 29.3 Å². The molecule has 1 heterocycles. The molecule has 0 aromatic heterocycles. The highest BCUT2D eigenvalue weighted by molar-refractivity contribution is 7.92. The van der Waals surface area contributed by atoms with E-state index < -0.39 is 15.6 Å². The topological polar surface area (TPSA) is 80.5 Å². The summed E-state index contributed by atoms with van der Waals surface area (Å²) in [6, 6.07) is 5.86. The summed E-state index contributed by atoms with van der Waals surface area (Å²) < 4.78 is 24.6. The molecule has 122 valence electrons. The van der Waals surface area contributed by atoms with Crippen LogP contribution in [0.4, 0.5) is 0 Å². The summed E-state index contributed by atoms with van der Waals surface area (Å²) in [5.41, 5.74) is 5.89. The first-order valence-corrected chi connectivity index (χ1v) is 9.34. The first kappa shape index (κ1) is 17.2. The van der Waals surface area contributed by atoms with E-state index in [-0.39, 0.29) is 22.8 Å². The highest BCUT2D eigenvalue weighted by atomic mass is 35.5. The third-order valence-corrected chi connectivity index (χ3v) is 5.91. The molecule has 5 nitrogen and oxygen atoms in total. The molecule has 1 amide bonds. The SMILES string of the molecule is CC(N)C1CCCN(C(=O)CS(=O)(=O)c2ccc(Cl)cc2)C1. The Morgan fingerprint density at radius 3 is 2.64 bits per heavy atom. The fourth-order valence-electron chi connectivity index (χ4n) is 2.64. The molecule has 2 rings (SSSR count). The van der Waals surface area contributed by atoms with Crippen molar-refractivity contribution < 1.29 is 13.2 Å². The lowest BCUT2D eigenvalue weighted by atomic mass is 9.92. The van der Waals surface area contributed by atoms with Crippen LogP contribution in [-0.2, 0) is 14.6 Å². The number of benzene rings is 1. The number of likely N-dealkylation sites (tertiary alicyclic amines) is 1. The van der Waals surface area contributed by atoms with Crippen LogP contribution >= 0.6 is 11.6 Å². The van der Waals surface area contributed by atoms with Gasteiger partial charge in [0, 0.05) is 24.2 Å². The minimum absolute atomic E-state index is 0.00322. The van der Waals surface area contributed by atoms with E-state index in [0.717, 1.165) is 12.8 Å². The Labute approximate surface area is 136 Å². The molecule has 2 unspecified atom stereocenters. The van der Waals surface area contributed by atoms with Crippen LogP contribution in [0.5, 0.6) is 0 Å². The van der Waals surface area contributed by atoms with Gasteiger partial charge in [0.1, 0.15) is 5.75 Å². The number of nitrogens with zero attached hydrogens (tertiary/aromatic N) is 1. The molecular weight excluding hydrogens is 324 g/mol. The number of rotatable bonds is 4. The maximum Gasteiger partial charge on any atom is 0.238 e. The zero-order valence-electron chi connectivity index (χ0n) is 12.5. The van der Waals surface area contributed by atoms with Gasteiger partial charge in [-0.05, 0) is 49.9 Å². The Balaban J connectivity index is 2.06. The number of hydrogen-bond acceptors (Lipinski definition) is 4. The number of piperidine rings is 1. The summed E-state index contributed by atoms with van der Waals surface area (Å²) in [7, 11) is -3.64. The maximum atomic E-state index is 12.3. The Hall–Kier alpha value is -1.11. The van der Waals surface area contributed by atoms with E-state index in [4.69, 9.17) is 17.3 Å². The summed E-state index contributed by atoms with van der Waals surface area (Å²) >= 11 is 5.75. The molecule has 7 heteroatoms. The normalized spacial score (nSPS) is 20.7. The first-order chi connectivity index (χ1) is 10.3. The van der Waals surface area contributed by atoms with Gasteiger partial charge in [-0.25, -0.2) is 8.42 Å². The van der Waals surface area contributed by atoms with Crippen molar-refractivity contribution in [1.29, 1.82) is 0 Å². The van der Waals surface area contributed by atoms with Gasteiger partial charge < -0.3 is 10.6 Å². The number of amides is 1. The molecule has 0 aliphatic carbocycles. The summed E-state index contributed by atoms with van der Waals surface area (Å²) in [6.07, 6.45) is 1.84. The predicted octanol–water partition coefficient (Wildman–Crippen LogP) is 1.70. The zero-order chi connectivity index (χ0) is 16.3. The average molecular weight is 345 g/mol. The Bertz CT molecular complexity index is 629. The van der Waals surface area contributed by atoms with Crippen molar-refractivity contribution in [2.45, 2.75) is 30.7 Å². The van der Waals surface area contributed by atoms with Crippen LogP contribution in [0.15, 0.2) is 29.2 Å². The predicted molar refractivity (Wildman–Crippen MR) is 86.5 cm³/mol. The largest absolute Gasteiger partial charge is 0.341 e. The first-order valence-electron chi connectivity index (χ1n) is 7.31. The van der Waals surface area contributed by atoms with Crippen molar-refractivity contribution in [2.75, 3.05) is 18.8 Å². The summed E-state index contributed by atoms with van der Waals surface area (Å²) in [6.45, 7) is 3.05. The molecule has 2 N–H and O–H groups in total. The van der Waals surface area contributed by atoms with E-state index in [2.05, 4.69) is 0 Å². The zero-order valence-corrected chi connectivity index (χ0v) is 14.1. The number of halogens is 1. The van der Waals surface area contributed by atoms with Crippen molar-refractivity contribution in [3.63, 3.8) is 0 Å². The van der Waals surface area contributed by atoms with Crippen molar-refractivity contribution >= 4 is 27.3 Å². The van der Waals surface area contributed by atoms with Gasteiger partial charge in [-0.1, -0.05) is 11.6 Å². The summed E-state index contributed by atoms with van der Waals surface area (Å²) in [4.78, 5) is 14.0. The lowest BCUT2D eigenvalue weighted by Crippen LogP contribution is -2.46. The van der Waals surface area contributed by atoms with Crippen LogP contribution in [0.1, 0.15) is 19.8 Å². The molecule has 1 aliphatic heterocycles. The van der Waals surface area contributed by atoms with Crippen molar-refractivity contribution in [2.24, 2.45) is 11.7 Å². The fraction of sp³-hybridized carbons (Fsp3) is 0.533. The minimum Gasteiger partial charge on any atom is -0.341 e. The van der Waals surface area contributed by atoms with E-state index in [1.54, 1.807) is 4.90 Å². The van der Waals surface area contributed by atoms with Crippen LogP contribution in [-0.4, -0.2) is 44.1 Å². The van der Waals surface area contributed by atoms with Crippen LogP contribution in [0, 0.1) is 5.92 Å². The monoisotopic (exact) mass is 344 g/mol. The highest BCUT2D eigenvalue weighted by Gasteiger charge is 2.29. The molecule has 1 fully saturated rings. The van der Waals surface area contributed by atoms with Gasteiger partial charge in [0.25, 0.3) is 0 Å². The third-order valence-electron chi connectivity index (χ3n) is 4.04. The average Bonchev–Trinajstić information content (AvgIpc) is 2.47. The molecule has 0 spiro atoms. The van der Waals surface area contributed by atoms with E-state index in [1.807, 2.05) is 6.92 Å². The Morgan fingerprint density at radius 1 is 1.41 bits per heavy atom. The molecule has 22 heavy (non-hydrogen) atoms. The standard InChI is InChI=1S/C15H21ClN2O3S/c1-11(17)12-3-2-8-18(9-12)15(19)10-22(20,21)14-6-4-13(16)5-7-14/h4-7,11-12H,2-3,8-10,17H2,1H3. The molecule has 1 aromatic rings. The Morgan fingerprint density at radius 2 is 2.05 bits per heavy atom. The minimum atomic E-state index is -3.64. The van der Waals surface area contributed by atoms with Gasteiger partial charge in [-0.2, -0.15) is 0 Å². The number of carbonyl (C=O) groups is 1. The molecule has 1 aromatic carbocycles. The molecule has 2 atom stereocenters. The van der Waals surface area contributed by atoms with E-state index >= 15 is 0 Å². The van der Waals surface area contributed by atoms with Crippen LogP contribution in [0.25, 0.3) is 0 Å². The second-order valence-electron chi connectivity index (χ2n) is 5.81. The molecule has 0 bridgehead atoms. The van der Waals surface area contributed by atoms with Crippen molar-refractivity contribution in [1.82, 2.24) is 4.90 Å². The second-order valence-corrected chi connectivity index (χ2v) is 8.24. The van der Waals surface area contributed by atoms with Gasteiger partial charge >= 0.3 is 0 Å². The number of carbonyl (C=O) groups excluding carboxylic acids is 1. The quantitative estimate of drug-likeness (QED) is 0.901. The second kappa shape index (κ2) is 6.98. The van der Waals surface area contributed by atoms with Gasteiger partial charge in [0.2, 0.25) is 5.91 Å². The number of nitrogens with two attached hydrogens (primary N) is 1. The van der Waals surface area contributed by atoms with Gasteiger partial charge in [-0.15, -0.1) is 0 Å². The lowest BCUT2D eigenvalue weighted by molar-refractivity contribution is -0.130. The molecular formula is C15H21ClN2O3S. The van der Waals surface area contributed by atoms with Crippen LogP contribution in [0.3, 0.4) is 0 Å². The molecule has 0 saturated carbocycles. The van der Waals surface area contributed by atoms with E-state index in [9.17, 15) is 13.2 Å². The lowest BCUT2D eigenvalue weighted by Gasteiger charge is -2.34. The van der Waals surface area contributed by atoms with E-state index in [1.165, 1.54) is 24.3 Å². The molecule has 0 radical (unpaired) electrons. The van der Waals surface area contributed by atoms with Crippen molar-refractivity contribution in [3.8, 4) is 0 Å². The van der Waals surface area contributed by atoms with Gasteiger partial charge in [0.15, 0.2) is 9.84 Å². The number of hydrogen-bond donors (Lipinski definition) is 1. The van der Waals surface area contributed by atoms with Crippen LogP contribution in [0.2, 0.25) is 5.02 Å². The van der Waals surface area contributed by atoms with Gasteiger partial charge in [0.05, 0.1) is 4.90 Å². The molecule has 1 aliphatic rings. The summed E-state index contributed by atoms with van der Waals surface area (Å²) in [5, 5.41) is 0.459. The smallest absolute Gasteiger partial charge is 0.238 e. The maximum absolute atomic E-state index is 12.3. The van der Waals surface area contributed by atoms with Gasteiger partial charge in [-0.3, -0.25) is 4.79 Å².